The van der Waals surface area contributed by atoms with Gasteiger partial charge in [0, 0.05) is 0 Å². The number of anilines is 1. The van der Waals surface area contributed by atoms with Crippen LogP contribution in [0, 0.1) is 5.92 Å². The van der Waals surface area contributed by atoms with Crippen LogP contribution in [0.1, 0.15) is 46.7 Å². The molecule has 3 N–H and O–H groups in total. The number of amides is 2. The van der Waals surface area contributed by atoms with Gasteiger partial charge in [-0.05, 0) is 61.0 Å². The van der Waals surface area contributed by atoms with Gasteiger partial charge in [0.25, 0.3) is 11.8 Å². The molecule has 7 nitrogen and oxygen atoms in total. The Bertz CT molecular complexity index is 1100. The Morgan fingerprint density at radius 3 is 2.42 bits per heavy atom. The highest BCUT2D eigenvalue weighted by molar-refractivity contribution is 7.80. The van der Waals surface area contributed by atoms with Crippen molar-refractivity contribution in [1.29, 1.82) is 0 Å². The quantitative estimate of drug-likeness (QED) is 0.395. The van der Waals surface area contributed by atoms with Crippen LogP contribution in [0.3, 0.4) is 0 Å². The molecule has 0 bridgehead atoms. The molecule has 1 aromatic heterocycles. The van der Waals surface area contributed by atoms with Gasteiger partial charge in [-0.1, -0.05) is 38.1 Å². The predicted octanol–water partition coefficient (Wildman–Crippen LogP) is 4.76. The fraction of sp³-hybridized carbons (Fsp3) is 0.240. The Morgan fingerprint density at radius 1 is 0.970 bits per heavy atom. The summed E-state index contributed by atoms with van der Waals surface area (Å²) in [4.78, 5) is 25.4. The third kappa shape index (κ3) is 7.18. The number of hydrogen-bond acceptors (Lipinski definition) is 5. The van der Waals surface area contributed by atoms with Crippen molar-refractivity contribution in [2.24, 2.45) is 5.92 Å². The molecular weight excluding hydrogens is 438 g/mol. The van der Waals surface area contributed by atoms with E-state index in [-0.39, 0.29) is 17.6 Å². The van der Waals surface area contributed by atoms with Crippen LogP contribution in [0.2, 0.25) is 0 Å². The molecule has 0 saturated heterocycles. The van der Waals surface area contributed by atoms with Crippen molar-refractivity contribution < 1.29 is 18.7 Å². The summed E-state index contributed by atoms with van der Waals surface area (Å²) in [6.45, 7) is 5.00. The van der Waals surface area contributed by atoms with Crippen LogP contribution >= 0.6 is 12.2 Å². The second-order valence-electron chi connectivity index (χ2n) is 7.74. The summed E-state index contributed by atoms with van der Waals surface area (Å²) in [6.07, 6.45) is 2.43. The SMILES string of the molecule is CC(C)CCOc1ccccc1C(=O)NC(=S)Nc1ccccc1C(=O)NCc1ccco1. The van der Waals surface area contributed by atoms with Crippen LogP contribution in [-0.2, 0) is 6.54 Å². The topological polar surface area (TPSA) is 92.6 Å². The smallest absolute Gasteiger partial charge is 0.261 e. The first-order valence-corrected chi connectivity index (χ1v) is 11.1. The molecule has 33 heavy (non-hydrogen) atoms. The van der Waals surface area contributed by atoms with Crippen LogP contribution in [0.25, 0.3) is 0 Å². The van der Waals surface area contributed by atoms with E-state index in [0.717, 1.165) is 6.42 Å². The van der Waals surface area contributed by atoms with E-state index in [1.54, 1.807) is 60.9 Å². The highest BCUT2D eigenvalue weighted by Gasteiger charge is 2.16. The zero-order valence-corrected chi connectivity index (χ0v) is 19.4. The number of para-hydroxylation sites is 2. The Morgan fingerprint density at radius 2 is 1.70 bits per heavy atom. The molecule has 3 rings (SSSR count). The minimum absolute atomic E-state index is 0.0725. The lowest BCUT2D eigenvalue weighted by Gasteiger charge is -2.15. The summed E-state index contributed by atoms with van der Waals surface area (Å²) in [5.41, 5.74) is 1.24. The molecule has 0 unspecified atom stereocenters. The van der Waals surface area contributed by atoms with Crippen molar-refractivity contribution in [3.05, 3.63) is 83.8 Å². The van der Waals surface area contributed by atoms with Gasteiger partial charge in [0.1, 0.15) is 11.5 Å². The molecule has 0 aliphatic heterocycles. The first-order valence-electron chi connectivity index (χ1n) is 10.7. The van der Waals surface area contributed by atoms with E-state index < -0.39 is 5.91 Å². The van der Waals surface area contributed by atoms with Crippen LogP contribution in [-0.4, -0.2) is 23.5 Å². The lowest BCUT2D eigenvalue weighted by Crippen LogP contribution is -2.35. The zero-order chi connectivity index (χ0) is 23.6. The number of nitrogens with one attached hydrogen (secondary N) is 3. The first kappa shape index (κ1) is 24.0. The number of ether oxygens (including phenoxy) is 1. The molecule has 0 spiro atoms. The monoisotopic (exact) mass is 465 g/mol. The van der Waals surface area contributed by atoms with E-state index in [1.807, 2.05) is 6.07 Å². The lowest BCUT2D eigenvalue weighted by atomic mass is 10.1. The van der Waals surface area contributed by atoms with Crippen molar-refractivity contribution in [2.45, 2.75) is 26.8 Å². The highest BCUT2D eigenvalue weighted by atomic mass is 32.1. The average Bonchev–Trinajstić information content (AvgIpc) is 3.31. The highest BCUT2D eigenvalue weighted by Crippen LogP contribution is 2.19. The Kier molecular flexibility index (Phi) is 8.60. The summed E-state index contributed by atoms with van der Waals surface area (Å²) in [7, 11) is 0. The van der Waals surface area contributed by atoms with Crippen molar-refractivity contribution in [3.63, 3.8) is 0 Å². The number of thiocarbonyl (C=S) groups is 1. The van der Waals surface area contributed by atoms with Crippen molar-refractivity contribution in [1.82, 2.24) is 10.6 Å². The van der Waals surface area contributed by atoms with Gasteiger partial charge in [-0.3, -0.25) is 14.9 Å². The number of furan rings is 1. The van der Waals surface area contributed by atoms with Crippen LogP contribution in [0.4, 0.5) is 5.69 Å². The molecule has 0 aliphatic carbocycles. The number of carbonyl (C=O) groups excluding carboxylic acids is 2. The molecule has 0 atom stereocenters. The van der Waals surface area contributed by atoms with E-state index in [2.05, 4.69) is 29.8 Å². The maximum absolute atomic E-state index is 12.8. The summed E-state index contributed by atoms with van der Waals surface area (Å²) in [6, 6.07) is 17.4. The number of hydrogen-bond donors (Lipinski definition) is 3. The third-order valence-electron chi connectivity index (χ3n) is 4.73. The van der Waals surface area contributed by atoms with Crippen molar-refractivity contribution >= 4 is 34.8 Å². The minimum atomic E-state index is -0.396. The van der Waals surface area contributed by atoms with Crippen LogP contribution < -0.4 is 20.7 Å². The van der Waals surface area contributed by atoms with Crippen molar-refractivity contribution in [3.8, 4) is 5.75 Å². The fourth-order valence-electron chi connectivity index (χ4n) is 2.97. The van der Waals surface area contributed by atoms with Gasteiger partial charge in [-0.15, -0.1) is 0 Å². The molecule has 172 valence electrons. The first-order chi connectivity index (χ1) is 15.9. The van der Waals surface area contributed by atoms with Gasteiger partial charge < -0.3 is 19.8 Å². The Labute approximate surface area is 198 Å². The number of benzene rings is 2. The maximum Gasteiger partial charge on any atom is 0.261 e. The lowest BCUT2D eigenvalue weighted by molar-refractivity contribution is 0.0947. The molecule has 1 heterocycles. The average molecular weight is 466 g/mol. The zero-order valence-electron chi connectivity index (χ0n) is 18.6. The van der Waals surface area contributed by atoms with E-state index >= 15 is 0 Å². The maximum atomic E-state index is 12.8. The van der Waals surface area contributed by atoms with Crippen LogP contribution in [0.15, 0.2) is 71.3 Å². The molecule has 0 saturated carbocycles. The van der Waals surface area contributed by atoms with E-state index in [0.29, 0.717) is 40.8 Å². The second kappa shape index (κ2) is 11.8. The van der Waals surface area contributed by atoms with E-state index in [9.17, 15) is 9.59 Å². The predicted molar refractivity (Wildman–Crippen MR) is 131 cm³/mol. The summed E-state index contributed by atoms with van der Waals surface area (Å²) in [5.74, 6) is 0.945. The number of rotatable bonds is 9. The summed E-state index contributed by atoms with van der Waals surface area (Å²) >= 11 is 5.32. The molecule has 2 aromatic carbocycles. The largest absolute Gasteiger partial charge is 0.493 e. The Hall–Kier alpha value is -3.65. The van der Waals surface area contributed by atoms with Gasteiger partial charge in [0.2, 0.25) is 0 Å². The summed E-state index contributed by atoms with van der Waals surface area (Å²) < 4.78 is 11.0. The standard InChI is InChI=1S/C25H27N3O4S/c1-17(2)13-15-32-22-12-6-4-10-20(22)24(30)28-25(33)27-21-11-5-3-9-19(21)23(29)26-16-18-8-7-14-31-18/h3-12,14,17H,13,15-16H2,1-2H3,(H,26,29)(H2,27,28,30,33). The van der Waals surface area contributed by atoms with Gasteiger partial charge in [-0.2, -0.15) is 0 Å². The number of carbonyl (C=O) groups is 2. The van der Waals surface area contributed by atoms with Gasteiger partial charge in [0.15, 0.2) is 5.11 Å². The van der Waals surface area contributed by atoms with Gasteiger partial charge in [0.05, 0.1) is 36.2 Å². The van der Waals surface area contributed by atoms with Crippen molar-refractivity contribution in [2.75, 3.05) is 11.9 Å². The summed E-state index contributed by atoms with van der Waals surface area (Å²) in [5, 5.41) is 8.47. The molecule has 0 radical (unpaired) electrons. The van der Waals surface area contributed by atoms with E-state index in [1.165, 1.54) is 0 Å². The Balaban J connectivity index is 1.62. The molecule has 0 fully saturated rings. The molecule has 2 amide bonds. The fourth-order valence-corrected chi connectivity index (χ4v) is 3.18. The molecular formula is C25H27N3O4S. The normalized spacial score (nSPS) is 10.5. The van der Waals surface area contributed by atoms with Crippen LogP contribution in [0.5, 0.6) is 5.75 Å². The minimum Gasteiger partial charge on any atom is -0.493 e. The molecule has 0 aliphatic rings. The molecule has 8 heteroatoms. The van der Waals surface area contributed by atoms with Gasteiger partial charge >= 0.3 is 0 Å². The second-order valence-corrected chi connectivity index (χ2v) is 8.15. The molecule has 3 aromatic rings. The van der Waals surface area contributed by atoms with E-state index in [4.69, 9.17) is 21.4 Å². The third-order valence-corrected chi connectivity index (χ3v) is 4.94. The van der Waals surface area contributed by atoms with Gasteiger partial charge in [-0.25, -0.2) is 0 Å².